The Morgan fingerprint density at radius 1 is 1.18 bits per heavy atom. The number of rotatable bonds is 3. The van der Waals surface area contributed by atoms with Crippen molar-refractivity contribution in [2.24, 2.45) is 0 Å². The van der Waals surface area contributed by atoms with Crippen LogP contribution in [-0.2, 0) is 23.7 Å². The maximum atomic E-state index is 11.3. The molecular formula is C17H20O5. The molecule has 0 aliphatic carbocycles. The molecule has 2 heterocycles. The minimum absolute atomic E-state index is 0.204. The van der Waals surface area contributed by atoms with E-state index in [1.165, 1.54) is 13.2 Å². The molecular weight excluding hydrogens is 284 g/mol. The molecule has 0 aromatic heterocycles. The average molecular weight is 304 g/mol. The molecule has 0 N–H and O–H groups in total. The van der Waals surface area contributed by atoms with Gasteiger partial charge in [-0.1, -0.05) is 30.3 Å². The number of hydrogen-bond donors (Lipinski definition) is 0. The Morgan fingerprint density at radius 3 is 2.55 bits per heavy atom. The van der Waals surface area contributed by atoms with Gasteiger partial charge in [-0.15, -0.1) is 0 Å². The standard InChI is InChI=1S/C17H20O5/c1-17(2)21-15-12(9-10-13(18)19-3)20-14(16(15)22-17)11-7-5-4-6-8-11/h4-10,12,14-16H,1-3H3/b10-9-/t12-,14-,15+,16-/m0/s1. The highest BCUT2D eigenvalue weighted by Gasteiger charge is 2.54. The SMILES string of the molecule is COC(=O)/C=C\[C@@H]1O[C@@H](c2ccccc2)[C@@H]2OC(C)(C)O[C@@H]21. The maximum absolute atomic E-state index is 11.3. The lowest BCUT2D eigenvalue weighted by molar-refractivity contribution is -0.183. The number of carbonyl (C=O) groups is 1. The summed E-state index contributed by atoms with van der Waals surface area (Å²) in [4.78, 5) is 11.3. The van der Waals surface area contributed by atoms with Gasteiger partial charge in [-0.3, -0.25) is 0 Å². The first-order chi connectivity index (χ1) is 10.5. The first kappa shape index (κ1) is 15.2. The molecule has 0 radical (unpaired) electrons. The molecule has 1 aromatic rings. The second-order valence-corrected chi connectivity index (χ2v) is 5.88. The van der Waals surface area contributed by atoms with E-state index in [-0.39, 0.29) is 24.4 Å². The lowest BCUT2D eigenvalue weighted by Gasteiger charge is -2.23. The fourth-order valence-corrected chi connectivity index (χ4v) is 2.94. The summed E-state index contributed by atoms with van der Waals surface area (Å²) in [7, 11) is 1.34. The minimum atomic E-state index is -0.663. The molecule has 2 aliphatic heterocycles. The van der Waals surface area contributed by atoms with Crippen LogP contribution in [0.5, 0.6) is 0 Å². The van der Waals surface area contributed by atoms with Crippen molar-refractivity contribution < 1.29 is 23.7 Å². The van der Waals surface area contributed by atoms with Gasteiger partial charge in [-0.05, 0) is 25.5 Å². The molecule has 2 fully saturated rings. The molecule has 22 heavy (non-hydrogen) atoms. The molecule has 5 heteroatoms. The highest BCUT2D eigenvalue weighted by atomic mass is 16.8. The van der Waals surface area contributed by atoms with Gasteiger partial charge < -0.3 is 18.9 Å². The molecule has 2 saturated heterocycles. The van der Waals surface area contributed by atoms with Gasteiger partial charge in [0.2, 0.25) is 0 Å². The third-order valence-electron chi connectivity index (χ3n) is 3.84. The van der Waals surface area contributed by atoms with E-state index in [0.29, 0.717) is 0 Å². The van der Waals surface area contributed by atoms with Gasteiger partial charge in [-0.25, -0.2) is 4.79 Å². The van der Waals surface area contributed by atoms with Gasteiger partial charge in [0, 0.05) is 6.08 Å². The minimum Gasteiger partial charge on any atom is -0.466 e. The monoisotopic (exact) mass is 304 g/mol. The van der Waals surface area contributed by atoms with Crippen molar-refractivity contribution in [1.82, 2.24) is 0 Å². The summed E-state index contributed by atoms with van der Waals surface area (Å²) in [6.07, 6.45) is 2.02. The van der Waals surface area contributed by atoms with Crippen molar-refractivity contribution in [1.29, 1.82) is 0 Å². The molecule has 1 aromatic carbocycles. The zero-order valence-electron chi connectivity index (χ0n) is 12.9. The smallest absolute Gasteiger partial charge is 0.330 e. The summed E-state index contributed by atoms with van der Waals surface area (Å²) in [6.45, 7) is 3.77. The van der Waals surface area contributed by atoms with E-state index < -0.39 is 11.8 Å². The van der Waals surface area contributed by atoms with E-state index in [1.54, 1.807) is 6.08 Å². The average Bonchev–Trinajstić information content (AvgIpc) is 2.99. The van der Waals surface area contributed by atoms with Crippen molar-refractivity contribution in [2.45, 2.75) is 44.1 Å². The Bertz CT molecular complexity index is 566. The molecule has 0 amide bonds. The summed E-state index contributed by atoms with van der Waals surface area (Å²) in [5.41, 5.74) is 1.03. The largest absolute Gasteiger partial charge is 0.466 e. The predicted molar refractivity (Wildman–Crippen MR) is 79.0 cm³/mol. The van der Waals surface area contributed by atoms with E-state index in [0.717, 1.165) is 5.56 Å². The number of benzene rings is 1. The topological polar surface area (TPSA) is 54.0 Å². The molecule has 0 saturated carbocycles. The Morgan fingerprint density at radius 2 is 1.86 bits per heavy atom. The summed E-state index contributed by atoms with van der Waals surface area (Å²) in [6, 6.07) is 9.89. The Balaban J connectivity index is 1.85. The van der Waals surface area contributed by atoms with Gasteiger partial charge >= 0.3 is 5.97 Å². The van der Waals surface area contributed by atoms with Gasteiger partial charge in [0.25, 0.3) is 0 Å². The third kappa shape index (κ3) is 2.92. The van der Waals surface area contributed by atoms with Crippen molar-refractivity contribution in [3.05, 3.63) is 48.0 Å². The molecule has 4 atom stereocenters. The van der Waals surface area contributed by atoms with Crippen LogP contribution < -0.4 is 0 Å². The van der Waals surface area contributed by atoms with Gasteiger partial charge in [0.1, 0.15) is 24.4 Å². The molecule has 0 bridgehead atoms. The normalized spacial score (nSPS) is 33.0. The zero-order chi connectivity index (χ0) is 15.7. The van der Waals surface area contributed by atoms with Crippen molar-refractivity contribution in [3.63, 3.8) is 0 Å². The van der Waals surface area contributed by atoms with E-state index in [2.05, 4.69) is 4.74 Å². The fourth-order valence-electron chi connectivity index (χ4n) is 2.94. The summed E-state index contributed by atoms with van der Waals surface area (Å²) in [5, 5.41) is 0. The fraction of sp³-hybridized carbons (Fsp3) is 0.471. The van der Waals surface area contributed by atoms with Crippen molar-refractivity contribution in [3.8, 4) is 0 Å². The van der Waals surface area contributed by atoms with Gasteiger partial charge in [0.15, 0.2) is 5.79 Å². The second-order valence-electron chi connectivity index (χ2n) is 5.88. The van der Waals surface area contributed by atoms with Crippen LogP contribution in [0.25, 0.3) is 0 Å². The van der Waals surface area contributed by atoms with Crippen LogP contribution in [0.15, 0.2) is 42.5 Å². The summed E-state index contributed by atoms with van der Waals surface area (Å²) >= 11 is 0. The highest BCUT2D eigenvalue weighted by Crippen LogP contribution is 2.45. The van der Waals surface area contributed by atoms with Crippen LogP contribution in [0.3, 0.4) is 0 Å². The highest BCUT2D eigenvalue weighted by molar-refractivity contribution is 5.81. The van der Waals surface area contributed by atoms with Crippen molar-refractivity contribution >= 4 is 5.97 Å². The maximum Gasteiger partial charge on any atom is 0.330 e. The number of carbonyl (C=O) groups excluding carboxylic acids is 1. The Hall–Kier alpha value is -1.69. The molecule has 0 spiro atoms. The van der Waals surface area contributed by atoms with Crippen LogP contribution in [0.2, 0.25) is 0 Å². The van der Waals surface area contributed by atoms with Crippen LogP contribution >= 0.6 is 0 Å². The Labute approximate surface area is 129 Å². The predicted octanol–water partition coefficient (Wildman–Crippen LogP) is 2.38. The molecule has 3 rings (SSSR count). The number of hydrogen-bond acceptors (Lipinski definition) is 5. The number of ether oxygens (including phenoxy) is 4. The van der Waals surface area contributed by atoms with Crippen molar-refractivity contribution in [2.75, 3.05) is 7.11 Å². The lowest BCUT2D eigenvalue weighted by Crippen LogP contribution is -2.28. The van der Waals surface area contributed by atoms with Gasteiger partial charge in [0.05, 0.1) is 7.11 Å². The molecule has 118 valence electrons. The summed E-state index contributed by atoms with van der Waals surface area (Å²) < 4.78 is 22.6. The van der Waals surface area contributed by atoms with Gasteiger partial charge in [-0.2, -0.15) is 0 Å². The van der Waals surface area contributed by atoms with E-state index in [9.17, 15) is 4.79 Å². The van der Waals surface area contributed by atoms with Crippen LogP contribution in [0.4, 0.5) is 0 Å². The van der Waals surface area contributed by atoms with E-state index in [1.807, 2.05) is 44.2 Å². The zero-order valence-corrected chi connectivity index (χ0v) is 12.9. The molecule has 5 nitrogen and oxygen atoms in total. The first-order valence-corrected chi connectivity index (χ1v) is 7.32. The first-order valence-electron chi connectivity index (χ1n) is 7.32. The second kappa shape index (κ2) is 5.83. The lowest BCUT2D eigenvalue weighted by atomic mass is 10.0. The molecule has 0 unspecified atom stereocenters. The third-order valence-corrected chi connectivity index (χ3v) is 3.84. The van der Waals surface area contributed by atoms with Crippen LogP contribution in [0.1, 0.15) is 25.5 Å². The van der Waals surface area contributed by atoms with E-state index >= 15 is 0 Å². The van der Waals surface area contributed by atoms with Crippen LogP contribution in [-0.4, -0.2) is 37.2 Å². The van der Waals surface area contributed by atoms with E-state index in [4.69, 9.17) is 14.2 Å². The molecule has 2 aliphatic rings. The quantitative estimate of drug-likeness (QED) is 0.634. The van der Waals surface area contributed by atoms with Crippen LogP contribution in [0, 0.1) is 0 Å². The number of methoxy groups -OCH3 is 1. The number of esters is 1. The Kier molecular flexibility index (Phi) is 4.04. The number of fused-ring (bicyclic) bond motifs is 1. The summed E-state index contributed by atoms with van der Waals surface area (Å²) in [5.74, 6) is -1.08.